The van der Waals surface area contributed by atoms with Gasteiger partial charge in [-0.25, -0.2) is 0 Å². The lowest BCUT2D eigenvalue weighted by Crippen LogP contribution is -1.87. The van der Waals surface area contributed by atoms with Gasteiger partial charge in [0.1, 0.15) is 5.75 Å². The quantitative estimate of drug-likeness (QED) is 0.740. The number of thioether (sulfide) groups is 1. The molecule has 0 saturated carbocycles. The molecule has 0 N–H and O–H groups in total. The van der Waals surface area contributed by atoms with Gasteiger partial charge in [-0.2, -0.15) is 0 Å². The first-order valence-electron chi connectivity index (χ1n) is 5.54. The van der Waals surface area contributed by atoms with Crippen LogP contribution < -0.4 is 4.74 Å². The number of hydrogen-bond acceptors (Lipinski definition) is 2. The summed E-state index contributed by atoms with van der Waals surface area (Å²) in [7, 11) is 1.69. The summed E-state index contributed by atoms with van der Waals surface area (Å²) in [6.45, 7) is 2.17. The molecule has 0 fully saturated rings. The Morgan fingerprint density at radius 3 is 2.29 bits per heavy atom. The first-order valence-corrected chi connectivity index (χ1v) is 6.76. The number of hydrogen-bond donors (Lipinski definition) is 0. The number of benzene rings is 2. The highest BCUT2D eigenvalue weighted by molar-refractivity contribution is 7.98. The molecule has 0 heterocycles. The molecule has 0 unspecified atom stereocenters. The molecule has 2 rings (SSSR count). The van der Waals surface area contributed by atoms with Crippen LogP contribution in [0.4, 0.5) is 0 Å². The molecule has 0 aliphatic heterocycles. The third kappa shape index (κ3) is 2.47. The lowest BCUT2D eigenvalue weighted by Gasteiger charge is -2.10. The minimum Gasteiger partial charge on any atom is -0.497 e. The molecular formula is C15H16OS. The zero-order chi connectivity index (χ0) is 12.3. The van der Waals surface area contributed by atoms with Crippen molar-refractivity contribution in [2.75, 3.05) is 13.4 Å². The summed E-state index contributed by atoms with van der Waals surface area (Å²) in [5.74, 6) is 0.896. The van der Waals surface area contributed by atoms with Crippen LogP contribution in [0.25, 0.3) is 11.1 Å². The van der Waals surface area contributed by atoms with Crippen molar-refractivity contribution in [1.29, 1.82) is 0 Å². The Balaban J connectivity index is 2.45. The Bertz CT molecular complexity index is 503. The summed E-state index contributed by atoms with van der Waals surface area (Å²) < 4.78 is 5.18. The Hall–Kier alpha value is -1.41. The van der Waals surface area contributed by atoms with Gasteiger partial charge in [0.25, 0.3) is 0 Å². The first-order chi connectivity index (χ1) is 8.26. The molecule has 0 saturated heterocycles. The zero-order valence-electron chi connectivity index (χ0n) is 10.4. The van der Waals surface area contributed by atoms with Crippen LogP contribution >= 0.6 is 11.8 Å². The summed E-state index contributed by atoms with van der Waals surface area (Å²) in [5.41, 5.74) is 3.86. The minimum absolute atomic E-state index is 0.896. The van der Waals surface area contributed by atoms with E-state index in [0.717, 1.165) is 5.75 Å². The highest BCUT2D eigenvalue weighted by Crippen LogP contribution is 2.30. The fourth-order valence-electron chi connectivity index (χ4n) is 1.92. The van der Waals surface area contributed by atoms with E-state index < -0.39 is 0 Å². The maximum Gasteiger partial charge on any atom is 0.118 e. The van der Waals surface area contributed by atoms with Crippen molar-refractivity contribution in [3.63, 3.8) is 0 Å². The van der Waals surface area contributed by atoms with Crippen molar-refractivity contribution in [3.8, 4) is 16.9 Å². The number of methoxy groups -OCH3 is 1. The Morgan fingerprint density at radius 2 is 1.71 bits per heavy atom. The van der Waals surface area contributed by atoms with Gasteiger partial charge in [0, 0.05) is 4.90 Å². The van der Waals surface area contributed by atoms with Gasteiger partial charge in [-0.15, -0.1) is 11.8 Å². The van der Waals surface area contributed by atoms with Crippen molar-refractivity contribution in [2.45, 2.75) is 11.8 Å². The van der Waals surface area contributed by atoms with E-state index in [4.69, 9.17) is 4.74 Å². The maximum atomic E-state index is 5.18. The molecule has 1 nitrogen and oxygen atoms in total. The molecule has 0 amide bonds. The predicted molar refractivity (Wildman–Crippen MR) is 74.9 cm³/mol. The van der Waals surface area contributed by atoms with E-state index in [9.17, 15) is 0 Å². The van der Waals surface area contributed by atoms with Gasteiger partial charge >= 0.3 is 0 Å². The lowest BCUT2D eigenvalue weighted by molar-refractivity contribution is 0.415. The average Bonchev–Trinajstić information content (AvgIpc) is 2.39. The van der Waals surface area contributed by atoms with Crippen LogP contribution in [0.15, 0.2) is 47.4 Å². The summed E-state index contributed by atoms with van der Waals surface area (Å²) in [6.07, 6.45) is 2.11. The molecule has 2 heteroatoms. The van der Waals surface area contributed by atoms with Crippen LogP contribution in [0, 0.1) is 6.92 Å². The molecule has 2 aromatic carbocycles. The highest BCUT2D eigenvalue weighted by atomic mass is 32.2. The van der Waals surface area contributed by atoms with Gasteiger partial charge in [-0.3, -0.25) is 0 Å². The van der Waals surface area contributed by atoms with E-state index in [2.05, 4.69) is 43.5 Å². The van der Waals surface area contributed by atoms with Gasteiger partial charge < -0.3 is 4.74 Å². The zero-order valence-corrected chi connectivity index (χ0v) is 11.2. The van der Waals surface area contributed by atoms with Crippen LogP contribution in [-0.4, -0.2) is 13.4 Å². The topological polar surface area (TPSA) is 9.23 Å². The lowest BCUT2D eigenvalue weighted by atomic mass is 10.0. The van der Waals surface area contributed by atoms with Gasteiger partial charge in [0.15, 0.2) is 0 Å². The molecule has 0 aliphatic rings. The van der Waals surface area contributed by atoms with Gasteiger partial charge in [-0.05, 0) is 48.1 Å². The second kappa shape index (κ2) is 5.28. The predicted octanol–water partition coefficient (Wildman–Crippen LogP) is 4.39. The molecule has 88 valence electrons. The molecule has 0 aliphatic carbocycles. The van der Waals surface area contributed by atoms with Crippen LogP contribution in [0.2, 0.25) is 0 Å². The van der Waals surface area contributed by atoms with Gasteiger partial charge in [-0.1, -0.05) is 24.3 Å². The van der Waals surface area contributed by atoms with E-state index in [1.807, 2.05) is 12.1 Å². The van der Waals surface area contributed by atoms with E-state index >= 15 is 0 Å². The van der Waals surface area contributed by atoms with E-state index in [1.54, 1.807) is 18.9 Å². The molecule has 0 aromatic heterocycles. The Kier molecular flexibility index (Phi) is 3.75. The Morgan fingerprint density at radius 1 is 1.00 bits per heavy atom. The van der Waals surface area contributed by atoms with Crippen LogP contribution in [0.5, 0.6) is 5.75 Å². The third-order valence-corrected chi connectivity index (χ3v) is 3.79. The monoisotopic (exact) mass is 244 g/mol. The van der Waals surface area contributed by atoms with E-state index in [1.165, 1.54) is 21.6 Å². The fraction of sp³-hybridized carbons (Fsp3) is 0.200. The van der Waals surface area contributed by atoms with Crippen molar-refractivity contribution in [2.24, 2.45) is 0 Å². The second-order valence-electron chi connectivity index (χ2n) is 3.86. The third-order valence-electron chi connectivity index (χ3n) is 2.91. The summed E-state index contributed by atoms with van der Waals surface area (Å²) >= 11 is 1.79. The number of ether oxygens (including phenoxy) is 1. The van der Waals surface area contributed by atoms with Crippen molar-refractivity contribution in [3.05, 3.63) is 48.0 Å². The maximum absolute atomic E-state index is 5.18. The van der Waals surface area contributed by atoms with Gasteiger partial charge in [0.2, 0.25) is 0 Å². The summed E-state index contributed by atoms with van der Waals surface area (Å²) in [6, 6.07) is 14.6. The number of rotatable bonds is 3. The van der Waals surface area contributed by atoms with E-state index in [0.29, 0.717) is 0 Å². The average molecular weight is 244 g/mol. The van der Waals surface area contributed by atoms with Crippen LogP contribution in [0.3, 0.4) is 0 Å². The van der Waals surface area contributed by atoms with Crippen molar-refractivity contribution in [1.82, 2.24) is 0 Å². The molecular weight excluding hydrogens is 228 g/mol. The van der Waals surface area contributed by atoms with Crippen LogP contribution in [-0.2, 0) is 0 Å². The smallest absolute Gasteiger partial charge is 0.118 e. The first kappa shape index (κ1) is 12.1. The molecule has 0 atom stereocenters. The molecule has 0 radical (unpaired) electrons. The highest BCUT2D eigenvalue weighted by Gasteiger charge is 2.05. The van der Waals surface area contributed by atoms with Crippen LogP contribution in [0.1, 0.15) is 5.56 Å². The summed E-state index contributed by atoms with van der Waals surface area (Å²) in [5, 5.41) is 0. The van der Waals surface area contributed by atoms with Crippen molar-refractivity contribution < 1.29 is 4.74 Å². The Labute approximate surface area is 107 Å². The largest absolute Gasteiger partial charge is 0.497 e. The normalized spacial score (nSPS) is 10.3. The molecule has 0 bridgehead atoms. The fourth-order valence-corrected chi connectivity index (χ4v) is 2.55. The molecule has 0 spiro atoms. The van der Waals surface area contributed by atoms with Gasteiger partial charge in [0.05, 0.1) is 7.11 Å². The van der Waals surface area contributed by atoms with E-state index in [-0.39, 0.29) is 0 Å². The van der Waals surface area contributed by atoms with Crippen molar-refractivity contribution >= 4 is 11.8 Å². The SMILES string of the molecule is COc1ccc(-c2cccc(SC)c2C)cc1. The second-order valence-corrected chi connectivity index (χ2v) is 4.71. The molecule has 17 heavy (non-hydrogen) atoms. The summed E-state index contributed by atoms with van der Waals surface area (Å²) in [4.78, 5) is 1.33. The minimum atomic E-state index is 0.896. The standard InChI is InChI=1S/C15H16OS/c1-11-14(5-4-6-15(11)17-3)12-7-9-13(16-2)10-8-12/h4-10H,1-3H3. The molecule has 2 aromatic rings.